The molecular weight excluding hydrogens is 507 g/mol. The van der Waals surface area contributed by atoms with Crippen LogP contribution in [0.15, 0.2) is 61.1 Å². The summed E-state index contributed by atoms with van der Waals surface area (Å²) in [4.78, 5) is 27.3. The molecule has 0 spiro atoms. The fraction of sp³-hybridized carbons (Fsp3) is 0.357. The summed E-state index contributed by atoms with van der Waals surface area (Å²) in [7, 11) is 3.26. The Morgan fingerprint density at radius 2 is 2.00 bits per heavy atom. The van der Waals surface area contributed by atoms with Gasteiger partial charge in [0.05, 0.1) is 17.3 Å². The van der Waals surface area contributed by atoms with E-state index < -0.39 is 17.6 Å². The lowest BCUT2D eigenvalue weighted by Crippen LogP contribution is -2.28. The first-order valence-corrected chi connectivity index (χ1v) is 12.7. The molecule has 1 amide bonds. The van der Waals surface area contributed by atoms with Crippen LogP contribution in [0.2, 0.25) is 0 Å². The fourth-order valence-electron chi connectivity index (χ4n) is 4.16. The highest BCUT2D eigenvalue weighted by molar-refractivity contribution is 6.07. The number of allylic oxidation sites excluding steroid dienone is 3. The first-order valence-electron chi connectivity index (χ1n) is 12.7. The number of hydrogen-bond donors (Lipinski definition) is 2. The van der Waals surface area contributed by atoms with Crippen molar-refractivity contribution >= 4 is 28.6 Å². The molecule has 3 heterocycles. The molecule has 39 heavy (non-hydrogen) atoms. The number of nitrogen functional groups attached to an aromatic ring is 1. The van der Waals surface area contributed by atoms with Crippen molar-refractivity contribution in [1.82, 2.24) is 24.7 Å². The average molecular weight is 542 g/mol. The third kappa shape index (κ3) is 6.72. The van der Waals surface area contributed by atoms with E-state index in [1.807, 2.05) is 18.4 Å². The van der Waals surface area contributed by atoms with Crippen LogP contribution in [0.5, 0.6) is 0 Å². The van der Waals surface area contributed by atoms with Gasteiger partial charge in [0.2, 0.25) is 0 Å². The Kier molecular flexibility index (Phi) is 9.63. The highest BCUT2D eigenvalue weighted by Gasteiger charge is 2.31. The number of carbonyl (C=O) groups is 1. The van der Waals surface area contributed by atoms with Crippen molar-refractivity contribution < 1.29 is 18.0 Å². The number of anilines is 2. The smallest absolute Gasteiger partial charge is 0.382 e. The molecule has 208 valence electrons. The molecule has 0 bridgehead atoms. The molecule has 11 heteroatoms. The predicted molar refractivity (Wildman–Crippen MR) is 148 cm³/mol. The summed E-state index contributed by atoms with van der Waals surface area (Å²) in [5.41, 5.74) is 7.25. The summed E-state index contributed by atoms with van der Waals surface area (Å²) < 4.78 is 41.4. The van der Waals surface area contributed by atoms with Crippen molar-refractivity contribution in [3.8, 4) is 0 Å². The maximum Gasteiger partial charge on any atom is 0.416 e. The number of nitrogens with one attached hydrogen (secondary N) is 1. The molecule has 0 fully saturated rings. The van der Waals surface area contributed by atoms with Gasteiger partial charge in [-0.1, -0.05) is 45.4 Å². The molecular formula is C28H34F3N7O. The van der Waals surface area contributed by atoms with Crippen molar-refractivity contribution in [2.24, 2.45) is 0 Å². The molecule has 0 saturated heterocycles. The number of nitrogens with zero attached hydrogens (tertiary/aromatic N) is 5. The third-order valence-corrected chi connectivity index (χ3v) is 6.28. The molecule has 3 aromatic rings. The highest BCUT2D eigenvalue weighted by atomic mass is 19.4. The zero-order valence-electron chi connectivity index (χ0n) is 22.6. The molecule has 0 aromatic carbocycles. The van der Waals surface area contributed by atoms with Crippen LogP contribution in [-0.2, 0) is 11.0 Å². The second-order valence-corrected chi connectivity index (χ2v) is 9.02. The largest absolute Gasteiger partial charge is 0.416 e. The molecule has 0 unspecified atom stereocenters. The van der Waals surface area contributed by atoms with Crippen LogP contribution in [0, 0.1) is 0 Å². The van der Waals surface area contributed by atoms with E-state index in [1.165, 1.54) is 7.05 Å². The zero-order chi connectivity index (χ0) is 28.7. The number of rotatable bonds is 11. The van der Waals surface area contributed by atoms with Crippen molar-refractivity contribution in [2.45, 2.75) is 51.7 Å². The summed E-state index contributed by atoms with van der Waals surface area (Å²) in [6.07, 6.45) is 8.25. The second-order valence-electron chi connectivity index (χ2n) is 9.02. The van der Waals surface area contributed by atoms with Crippen molar-refractivity contribution in [3.63, 3.8) is 0 Å². The van der Waals surface area contributed by atoms with E-state index in [1.54, 1.807) is 30.6 Å². The maximum atomic E-state index is 13.2. The first kappa shape index (κ1) is 29.6. The Labute approximate surface area is 226 Å². The number of likely N-dealkylation sites (N-methyl/N-ethyl adjacent to an activating group) is 1. The van der Waals surface area contributed by atoms with Gasteiger partial charge in [-0.2, -0.15) is 13.2 Å². The van der Waals surface area contributed by atoms with E-state index in [-0.39, 0.29) is 17.4 Å². The van der Waals surface area contributed by atoms with Gasteiger partial charge >= 0.3 is 6.18 Å². The number of fused-ring (bicyclic) bond motifs is 1. The van der Waals surface area contributed by atoms with Crippen molar-refractivity contribution in [3.05, 3.63) is 78.2 Å². The van der Waals surface area contributed by atoms with Crippen LogP contribution in [0.3, 0.4) is 0 Å². The first-order chi connectivity index (χ1) is 18.5. The summed E-state index contributed by atoms with van der Waals surface area (Å²) in [5, 5.41) is 3.31. The molecule has 3 rings (SSSR count). The zero-order valence-corrected chi connectivity index (χ0v) is 22.6. The van der Waals surface area contributed by atoms with Gasteiger partial charge in [0.15, 0.2) is 0 Å². The average Bonchev–Trinajstić information content (AvgIpc) is 3.31. The molecule has 0 radical (unpaired) electrons. The second kappa shape index (κ2) is 12.7. The lowest BCUT2D eigenvalue weighted by molar-refractivity contribution is -0.137. The molecule has 3 aromatic heterocycles. The topological polar surface area (TPSA) is 101 Å². The number of unbranched alkanes of at least 4 members (excludes halogenated alkanes) is 1. The molecule has 0 aliphatic heterocycles. The Bertz CT molecular complexity index is 1390. The number of pyridine rings is 1. The summed E-state index contributed by atoms with van der Waals surface area (Å²) in [6, 6.07) is 1.69. The molecule has 3 N–H and O–H groups in total. The minimum atomic E-state index is -4.55. The third-order valence-electron chi connectivity index (χ3n) is 6.28. The van der Waals surface area contributed by atoms with Gasteiger partial charge in [-0.25, -0.2) is 15.0 Å². The van der Waals surface area contributed by atoms with Crippen LogP contribution >= 0.6 is 0 Å². The van der Waals surface area contributed by atoms with E-state index in [4.69, 9.17) is 10.7 Å². The number of alkyl halides is 3. The lowest BCUT2D eigenvalue weighted by Gasteiger charge is -2.18. The van der Waals surface area contributed by atoms with Crippen LogP contribution in [0.1, 0.15) is 62.7 Å². The van der Waals surface area contributed by atoms with E-state index in [0.717, 1.165) is 48.3 Å². The fourth-order valence-corrected chi connectivity index (χ4v) is 4.16. The van der Waals surface area contributed by atoms with Crippen LogP contribution in [-0.4, -0.2) is 39.4 Å². The number of imidazole rings is 1. The van der Waals surface area contributed by atoms with Crippen molar-refractivity contribution in [1.29, 1.82) is 0 Å². The molecule has 0 aliphatic carbocycles. The molecule has 8 nitrogen and oxygen atoms in total. The number of halogens is 3. The Hall–Kier alpha value is -3.99. The Morgan fingerprint density at radius 1 is 1.26 bits per heavy atom. The number of amides is 1. The Balaban J connectivity index is 1.94. The van der Waals surface area contributed by atoms with Crippen molar-refractivity contribution in [2.75, 3.05) is 24.7 Å². The number of carbonyl (C=O) groups excluding carboxylic acids is 1. The molecule has 1 atom stereocenters. The van der Waals surface area contributed by atoms with E-state index in [9.17, 15) is 18.0 Å². The highest BCUT2D eigenvalue weighted by Crippen LogP contribution is 2.31. The van der Waals surface area contributed by atoms with Gasteiger partial charge in [0, 0.05) is 31.2 Å². The van der Waals surface area contributed by atoms with Gasteiger partial charge in [-0.15, -0.1) is 0 Å². The van der Waals surface area contributed by atoms with Gasteiger partial charge in [-0.05, 0) is 43.7 Å². The molecule has 0 aliphatic rings. The number of hydrogen-bond acceptors (Lipinski definition) is 6. The van der Waals surface area contributed by atoms with E-state index in [0.29, 0.717) is 29.0 Å². The standard InChI is InChI=1S/C28H34F3N7O/c1-6-8-10-21(33-4)26-36-23(24-25(32)35-15-16-38(24)26)18(3)11-12-19(9-7-2)27(39)37(5)22-17-20(13-14-34-22)28(29,30)31/h9,11-17,21,33H,3,6-8,10H2,1-2,4-5H3,(H2,32,35)/b12-11-,19-9+/t21-/m0/s1. The van der Waals surface area contributed by atoms with Gasteiger partial charge in [0.25, 0.3) is 5.91 Å². The lowest BCUT2D eigenvalue weighted by atomic mass is 10.1. The normalized spacial score (nSPS) is 13.3. The van der Waals surface area contributed by atoms with Crippen LogP contribution in [0.4, 0.5) is 24.8 Å². The number of aromatic nitrogens is 4. The van der Waals surface area contributed by atoms with E-state index in [2.05, 4.69) is 28.8 Å². The minimum absolute atomic E-state index is 0.0180. The van der Waals surface area contributed by atoms with Gasteiger partial charge in [0.1, 0.15) is 23.0 Å². The predicted octanol–water partition coefficient (Wildman–Crippen LogP) is 5.74. The summed E-state index contributed by atoms with van der Waals surface area (Å²) >= 11 is 0. The summed E-state index contributed by atoms with van der Waals surface area (Å²) in [6.45, 7) is 8.13. The summed E-state index contributed by atoms with van der Waals surface area (Å²) in [5.74, 6) is 0.439. The SMILES string of the molecule is C=C(/C=C\C(=C/CC)C(=O)N(C)c1cc(C(F)(F)F)ccn1)c1nc([C@H](CCCC)NC)n2ccnc(N)c12. The Morgan fingerprint density at radius 3 is 2.64 bits per heavy atom. The van der Waals surface area contributed by atoms with Gasteiger partial charge < -0.3 is 11.1 Å². The van der Waals surface area contributed by atoms with Gasteiger partial charge in [-0.3, -0.25) is 14.1 Å². The van der Waals surface area contributed by atoms with Crippen LogP contribution in [0.25, 0.3) is 11.1 Å². The maximum absolute atomic E-state index is 13.2. The van der Waals surface area contributed by atoms with E-state index >= 15 is 0 Å². The minimum Gasteiger partial charge on any atom is -0.382 e. The number of nitrogens with two attached hydrogens (primary N) is 1. The quantitative estimate of drug-likeness (QED) is 0.237. The van der Waals surface area contributed by atoms with Crippen LogP contribution < -0.4 is 16.0 Å². The monoisotopic (exact) mass is 541 g/mol. The molecule has 0 saturated carbocycles.